The molecule has 0 amide bonds. The number of halogens is 1. The van der Waals surface area contributed by atoms with Gasteiger partial charge in [-0.25, -0.2) is 0 Å². The SMILES string of the molecule is CC(=N)O.CC1=Nc2ccccc2C1.CO.CO.Cc1ccccc1N.Cl.[W].[Y].[Y]. The number of nitrogens with one attached hydrogen (secondary N) is 1. The summed E-state index contributed by atoms with van der Waals surface area (Å²) in [4.78, 5) is 4.37. The number of nitrogen functional groups attached to an aromatic ring is 1. The Morgan fingerprint density at radius 2 is 1.33 bits per heavy atom. The second-order valence-corrected chi connectivity index (χ2v) is 5.09. The van der Waals surface area contributed by atoms with Gasteiger partial charge < -0.3 is 21.1 Å². The van der Waals surface area contributed by atoms with Crippen LogP contribution in [0.5, 0.6) is 0 Å². The van der Waals surface area contributed by atoms with E-state index in [0.717, 1.165) is 37.6 Å². The van der Waals surface area contributed by atoms with Crippen molar-refractivity contribution in [3.05, 3.63) is 59.7 Å². The fourth-order valence-corrected chi connectivity index (χ4v) is 1.88. The number of aliphatic hydroxyl groups excluding tert-OH is 3. The smallest absolute Gasteiger partial charge is 0.174 e. The third kappa shape index (κ3) is 23.2. The van der Waals surface area contributed by atoms with Crippen LogP contribution in [0.15, 0.2) is 53.5 Å². The maximum Gasteiger partial charge on any atom is 0.174 e. The van der Waals surface area contributed by atoms with Crippen molar-refractivity contribution in [3.8, 4) is 0 Å². The van der Waals surface area contributed by atoms with Crippen molar-refractivity contribution in [2.75, 3.05) is 20.0 Å². The second kappa shape index (κ2) is 29.5. The normalized spacial score (nSPS) is 8.57. The molecule has 30 heavy (non-hydrogen) atoms. The molecule has 1 heterocycles. The molecule has 0 fully saturated rings. The van der Waals surface area contributed by atoms with Gasteiger partial charge in [0, 0.05) is 125 Å². The van der Waals surface area contributed by atoms with Crippen LogP contribution in [-0.4, -0.2) is 41.1 Å². The van der Waals surface area contributed by atoms with Crippen LogP contribution in [-0.2, 0) is 92.9 Å². The first-order chi connectivity index (χ1) is 12.4. The van der Waals surface area contributed by atoms with Gasteiger partial charge in [-0.2, -0.15) is 0 Å². The molecule has 6 N–H and O–H groups in total. The summed E-state index contributed by atoms with van der Waals surface area (Å²) in [6.45, 7) is 5.37. The molecule has 0 atom stereocenters. The molecule has 2 radical (unpaired) electrons. The number of hydrogen-bond donors (Lipinski definition) is 5. The van der Waals surface area contributed by atoms with E-state index < -0.39 is 0 Å². The number of anilines is 1. The maximum atomic E-state index is 7.64. The summed E-state index contributed by atoms with van der Waals surface area (Å²) in [6, 6.07) is 16.1. The van der Waals surface area contributed by atoms with Gasteiger partial charge in [0.25, 0.3) is 0 Å². The molecule has 3 rings (SSSR count). The molecule has 0 saturated heterocycles. The quantitative estimate of drug-likeness (QED) is 0.158. The number of benzene rings is 2. The van der Waals surface area contributed by atoms with E-state index in [1.165, 1.54) is 18.2 Å². The predicted octanol–water partition coefficient (Wildman–Crippen LogP) is 4.09. The van der Waals surface area contributed by atoms with E-state index >= 15 is 0 Å². The Morgan fingerprint density at radius 3 is 1.70 bits per heavy atom. The molecule has 0 saturated carbocycles. The molecule has 1 aliphatic rings. The topological polar surface area (TPSA) is 123 Å². The number of fused-ring (bicyclic) bond motifs is 1. The van der Waals surface area contributed by atoms with Gasteiger partial charge in [-0.15, -0.1) is 12.4 Å². The molecule has 0 unspecified atom stereocenters. The Labute approximate surface area is 251 Å². The van der Waals surface area contributed by atoms with Crippen molar-refractivity contribution in [1.29, 1.82) is 5.41 Å². The zero-order chi connectivity index (χ0) is 20.5. The Morgan fingerprint density at radius 1 is 0.933 bits per heavy atom. The number of aryl methyl sites for hydroxylation is 1. The number of aliphatic hydroxyl groups is 3. The number of rotatable bonds is 0. The zero-order valence-corrected chi connectivity index (χ0v) is 27.6. The van der Waals surface area contributed by atoms with Crippen LogP contribution in [0.25, 0.3) is 0 Å². The van der Waals surface area contributed by atoms with Crippen molar-refractivity contribution in [3.63, 3.8) is 0 Å². The van der Waals surface area contributed by atoms with E-state index in [1.807, 2.05) is 37.3 Å². The summed E-state index contributed by atoms with van der Waals surface area (Å²) in [5.41, 5.74) is 11.3. The summed E-state index contributed by atoms with van der Waals surface area (Å²) in [5, 5.41) is 27.7. The number of nitrogens with zero attached hydrogens (tertiary/aromatic N) is 1. The number of hydrogen-bond acceptors (Lipinski definition) is 5. The molecule has 0 aromatic heterocycles. The summed E-state index contributed by atoms with van der Waals surface area (Å²) in [5.74, 6) is -0.333. The van der Waals surface area contributed by atoms with E-state index in [-0.39, 0.29) is 105 Å². The monoisotopic (exact) mass is 759 g/mol. The van der Waals surface area contributed by atoms with Crippen LogP contribution in [0.4, 0.5) is 11.4 Å². The van der Waals surface area contributed by atoms with Crippen LogP contribution in [0.3, 0.4) is 0 Å². The van der Waals surface area contributed by atoms with Gasteiger partial charge >= 0.3 is 0 Å². The van der Waals surface area contributed by atoms with E-state index in [9.17, 15) is 0 Å². The fraction of sp³-hybridized carbons (Fsp3) is 0.300. The molecule has 2 aromatic rings. The van der Waals surface area contributed by atoms with Crippen molar-refractivity contribution < 1.29 is 102 Å². The average molecular weight is 760 g/mol. The minimum absolute atomic E-state index is 0. The third-order valence-electron chi connectivity index (χ3n) is 2.94. The van der Waals surface area contributed by atoms with E-state index in [2.05, 4.69) is 30.1 Å². The van der Waals surface area contributed by atoms with Crippen molar-refractivity contribution in [2.45, 2.75) is 27.2 Å². The van der Waals surface area contributed by atoms with Gasteiger partial charge in [0.1, 0.15) is 0 Å². The molecule has 2 aromatic carbocycles. The first kappa shape index (κ1) is 44.2. The number of para-hydroxylation sites is 2. The summed E-state index contributed by atoms with van der Waals surface area (Å²) in [6.07, 6.45) is 1.04. The molecule has 164 valence electrons. The molecule has 6 nitrogen and oxygen atoms in total. The average Bonchev–Trinajstić information content (AvgIpc) is 3.01. The van der Waals surface area contributed by atoms with Gasteiger partial charge in [-0.1, -0.05) is 36.4 Å². The first-order valence-electron chi connectivity index (χ1n) is 7.97. The largest absolute Gasteiger partial charge is 0.497 e. The molecular weight excluding hydrogens is 727 g/mol. The van der Waals surface area contributed by atoms with Gasteiger partial charge in [-0.05, 0) is 37.1 Å². The van der Waals surface area contributed by atoms with Crippen molar-refractivity contribution >= 4 is 35.4 Å². The van der Waals surface area contributed by atoms with Gasteiger partial charge in [0.15, 0.2) is 5.90 Å². The first-order valence-corrected chi connectivity index (χ1v) is 7.97. The van der Waals surface area contributed by atoms with Crippen LogP contribution in [0.1, 0.15) is 25.0 Å². The standard InChI is InChI=1S/C9H9N.C7H9N.C2H5NO.2CH4O.ClH.W.2Y/c1-7-6-8-4-2-3-5-9(8)10-7;1-6-4-2-3-5-7(6)8;1-2(3)4;2*1-2;;;;/h2-5H,6H2,1H3;2-5H,8H2,1H3;1H3,(H2,3,4);2*2H,1H3;1H;;;. The Hall–Kier alpha value is 0.486. The van der Waals surface area contributed by atoms with Crippen molar-refractivity contribution in [2.24, 2.45) is 4.99 Å². The van der Waals surface area contributed by atoms with E-state index in [4.69, 9.17) is 26.5 Å². The van der Waals surface area contributed by atoms with Crippen molar-refractivity contribution in [1.82, 2.24) is 0 Å². The van der Waals surface area contributed by atoms with Crippen LogP contribution >= 0.6 is 12.4 Å². The summed E-state index contributed by atoms with van der Waals surface area (Å²) in [7, 11) is 2.00. The van der Waals surface area contributed by atoms with E-state index in [1.54, 1.807) is 0 Å². The van der Waals surface area contributed by atoms with Crippen LogP contribution < -0.4 is 5.73 Å². The molecule has 1 aliphatic heterocycles. The minimum atomic E-state index is -0.333. The van der Waals surface area contributed by atoms with Crippen LogP contribution in [0, 0.1) is 12.3 Å². The number of aliphatic imine (C=N–C) groups is 1. The molecule has 0 spiro atoms. The second-order valence-electron chi connectivity index (χ2n) is 5.09. The van der Waals surface area contributed by atoms with Gasteiger partial charge in [0.05, 0.1) is 5.69 Å². The zero-order valence-electron chi connectivity index (χ0n) is 18.2. The Bertz CT molecular complexity index is 669. The fourth-order valence-electron chi connectivity index (χ4n) is 1.88. The van der Waals surface area contributed by atoms with Gasteiger partial charge in [0.2, 0.25) is 0 Å². The minimum Gasteiger partial charge on any atom is -0.497 e. The Kier molecular flexibility index (Phi) is 43.5. The summed E-state index contributed by atoms with van der Waals surface area (Å²) < 4.78 is 0. The molecule has 10 heteroatoms. The molecular formula is C20H32ClN3O3WY2. The van der Waals surface area contributed by atoms with Gasteiger partial charge in [-0.3, -0.25) is 10.4 Å². The predicted molar refractivity (Wildman–Crippen MR) is 118 cm³/mol. The maximum absolute atomic E-state index is 7.64. The van der Waals surface area contributed by atoms with E-state index in [0.29, 0.717) is 0 Å². The van der Waals surface area contributed by atoms with Crippen LogP contribution in [0.2, 0.25) is 0 Å². The Balaban J connectivity index is -0.0000000660. The summed E-state index contributed by atoms with van der Waals surface area (Å²) >= 11 is 0. The third-order valence-corrected chi connectivity index (χ3v) is 2.94. The number of nitrogens with two attached hydrogens (primary N) is 1. The molecule has 0 aliphatic carbocycles. The molecule has 0 bridgehead atoms.